The van der Waals surface area contributed by atoms with Gasteiger partial charge >= 0.3 is 11.9 Å². The number of aliphatic hydroxyl groups excluding tert-OH is 2. The van der Waals surface area contributed by atoms with Gasteiger partial charge in [-0.3, -0.25) is 9.59 Å². The van der Waals surface area contributed by atoms with Gasteiger partial charge in [0.05, 0.1) is 26.1 Å². The highest BCUT2D eigenvalue weighted by atomic mass is 16.7. The Morgan fingerprint density at radius 3 is 1.57 bits per heavy atom. The van der Waals surface area contributed by atoms with E-state index in [4.69, 9.17) is 28.4 Å². The van der Waals surface area contributed by atoms with E-state index in [-0.39, 0.29) is 26.4 Å². The summed E-state index contributed by atoms with van der Waals surface area (Å²) in [5, 5.41) is 40.1. The summed E-state index contributed by atoms with van der Waals surface area (Å²) in [7, 11) is 0. The number of ether oxygens (including phenoxy) is 6. The van der Waals surface area contributed by atoms with E-state index >= 15 is 0 Å². The molecule has 4 aliphatic heterocycles. The predicted octanol–water partition coefficient (Wildman–Crippen LogP) is -3.45. The van der Waals surface area contributed by atoms with Gasteiger partial charge in [-0.05, 0) is 0 Å². The Labute approximate surface area is 158 Å². The number of aliphatic hydroxyl groups is 4. The van der Waals surface area contributed by atoms with E-state index in [9.17, 15) is 30.0 Å². The van der Waals surface area contributed by atoms with Gasteiger partial charge in [-0.2, -0.15) is 0 Å². The lowest BCUT2D eigenvalue weighted by Crippen LogP contribution is -2.48. The Bertz CT molecular complexity index is 587. The number of rotatable bonds is 5. The Morgan fingerprint density at radius 1 is 0.786 bits per heavy atom. The van der Waals surface area contributed by atoms with Crippen LogP contribution in [0.1, 0.15) is 12.8 Å². The summed E-state index contributed by atoms with van der Waals surface area (Å²) in [6.45, 7) is -0.840. The highest BCUT2D eigenvalue weighted by Gasteiger charge is 2.59. The quantitative estimate of drug-likeness (QED) is 0.263. The van der Waals surface area contributed by atoms with Crippen LogP contribution in [0.5, 0.6) is 0 Å². The maximum atomic E-state index is 12.0. The Balaban J connectivity index is 1.26. The van der Waals surface area contributed by atoms with Crippen LogP contribution in [0.15, 0.2) is 0 Å². The lowest BCUT2D eigenvalue weighted by atomic mass is 10.1. The standard InChI is InChI=1S/C16H22O12/c17-7-3-23-13-11(7)25-5-15(13,21)27-9(19)1-2-10(20)28-16(22)6-26-12-8(18)4-24-14(12)16/h7-8,11-14,17-18,21-22H,1-6H2/t7-,8-,11-,12-,13+,14+,15+,16+/m1/s1. The van der Waals surface area contributed by atoms with Gasteiger partial charge in [0.1, 0.15) is 37.6 Å². The zero-order chi connectivity index (χ0) is 20.1. The van der Waals surface area contributed by atoms with Crippen LogP contribution in [0.4, 0.5) is 0 Å². The smallest absolute Gasteiger partial charge is 0.309 e. The average Bonchev–Trinajstić information content (AvgIpc) is 3.35. The van der Waals surface area contributed by atoms with Crippen LogP contribution in [0, 0.1) is 0 Å². The topological polar surface area (TPSA) is 170 Å². The molecule has 0 saturated carbocycles. The number of carbonyl (C=O) groups is 2. The SMILES string of the molecule is O=C(CCC(=O)O[C@@]1(O)CO[C@@H]2[C@H](O)CO[C@@H]21)O[C@@]1(O)CO[C@@H]2[C@H](O)CO[C@@H]21. The molecule has 0 unspecified atom stereocenters. The predicted molar refractivity (Wildman–Crippen MR) is 82.3 cm³/mol. The normalized spacial score (nSPS) is 47.0. The average molecular weight is 406 g/mol. The van der Waals surface area contributed by atoms with Crippen molar-refractivity contribution < 1.29 is 58.4 Å². The number of hydrogen-bond donors (Lipinski definition) is 4. The molecule has 4 heterocycles. The second-order valence-electron chi connectivity index (χ2n) is 7.33. The second-order valence-corrected chi connectivity index (χ2v) is 7.33. The maximum Gasteiger partial charge on any atom is 0.309 e. The number of hydrogen-bond acceptors (Lipinski definition) is 12. The van der Waals surface area contributed by atoms with Gasteiger partial charge in [-0.25, -0.2) is 0 Å². The molecule has 0 aromatic heterocycles. The van der Waals surface area contributed by atoms with Crippen molar-refractivity contribution in [1.82, 2.24) is 0 Å². The fourth-order valence-corrected chi connectivity index (χ4v) is 3.83. The van der Waals surface area contributed by atoms with Crippen LogP contribution in [0.25, 0.3) is 0 Å². The van der Waals surface area contributed by atoms with Crippen LogP contribution in [0.3, 0.4) is 0 Å². The zero-order valence-corrected chi connectivity index (χ0v) is 14.8. The molecular formula is C16H22O12. The number of carbonyl (C=O) groups excluding carboxylic acids is 2. The van der Waals surface area contributed by atoms with E-state index in [1.165, 1.54) is 0 Å². The molecule has 0 aromatic rings. The number of esters is 2. The van der Waals surface area contributed by atoms with E-state index in [1.807, 2.05) is 0 Å². The molecule has 4 fully saturated rings. The fourth-order valence-electron chi connectivity index (χ4n) is 3.83. The first-order valence-corrected chi connectivity index (χ1v) is 8.93. The lowest BCUT2D eigenvalue weighted by molar-refractivity contribution is -0.242. The molecule has 4 N–H and O–H groups in total. The van der Waals surface area contributed by atoms with Crippen molar-refractivity contribution in [2.75, 3.05) is 26.4 Å². The van der Waals surface area contributed by atoms with Crippen LogP contribution in [-0.2, 0) is 38.0 Å². The molecule has 0 aromatic carbocycles. The Hall–Kier alpha value is -1.38. The first-order chi connectivity index (χ1) is 13.2. The van der Waals surface area contributed by atoms with Gasteiger partial charge in [0.2, 0.25) is 0 Å². The Kier molecular flexibility index (Phi) is 5.08. The molecular weight excluding hydrogens is 384 g/mol. The van der Waals surface area contributed by atoms with E-state index in [2.05, 4.69) is 0 Å². The van der Waals surface area contributed by atoms with Crippen LogP contribution in [0.2, 0.25) is 0 Å². The lowest BCUT2D eigenvalue weighted by Gasteiger charge is -2.27. The van der Waals surface area contributed by atoms with Gasteiger partial charge in [-0.1, -0.05) is 0 Å². The summed E-state index contributed by atoms with van der Waals surface area (Å²) < 4.78 is 30.8. The van der Waals surface area contributed by atoms with Crippen molar-refractivity contribution in [2.45, 2.75) is 61.0 Å². The Morgan fingerprint density at radius 2 is 1.18 bits per heavy atom. The fraction of sp³-hybridized carbons (Fsp3) is 0.875. The molecule has 8 atom stereocenters. The molecule has 158 valence electrons. The molecule has 0 radical (unpaired) electrons. The van der Waals surface area contributed by atoms with Crippen LogP contribution in [-0.4, -0.2) is 107 Å². The van der Waals surface area contributed by atoms with Crippen molar-refractivity contribution in [2.24, 2.45) is 0 Å². The van der Waals surface area contributed by atoms with E-state index < -0.39 is 73.0 Å². The van der Waals surface area contributed by atoms with Gasteiger partial charge in [0, 0.05) is 0 Å². The van der Waals surface area contributed by atoms with Crippen molar-refractivity contribution in [3.63, 3.8) is 0 Å². The summed E-state index contributed by atoms with van der Waals surface area (Å²) in [4.78, 5) is 24.0. The zero-order valence-electron chi connectivity index (χ0n) is 14.8. The first kappa shape index (κ1) is 19.9. The van der Waals surface area contributed by atoms with Crippen LogP contribution >= 0.6 is 0 Å². The summed E-state index contributed by atoms with van der Waals surface area (Å²) in [5.41, 5.74) is 0. The summed E-state index contributed by atoms with van der Waals surface area (Å²) >= 11 is 0. The molecule has 4 rings (SSSR count). The third-order valence-electron chi connectivity index (χ3n) is 5.22. The molecule has 12 nitrogen and oxygen atoms in total. The summed E-state index contributed by atoms with van der Waals surface area (Å²) in [6.07, 6.45) is -6.35. The van der Waals surface area contributed by atoms with E-state index in [0.717, 1.165) is 0 Å². The number of fused-ring (bicyclic) bond motifs is 2. The molecule has 0 bridgehead atoms. The minimum absolute atomic E-state index is 0.0545. The third kappa shape index (κ3) is 3.39. The largest absolute Gasteiger partial charge is 0.428 e. The van der Waals surface area contributed by atoms with Gasteiger partial charge < -0.3 is 48.8 Å². The molecule has 0 aliphatic carbocycles. The monoisotopic (exact) mass is 406 g/mol. The van der Waals surface area contributed by atoms with E-state index in [1.54, 1.807) is 0 Å². The third-order valence-corrected chi connectivity index (χ3v) is 5.22. The van der Waals surface area contributed by atoms with Crippen molar-refractivity contribution in [3.05, 3.63) is 0 Å². The summed E-state index contributed by atoms with van der Waals surface area (Å²) in [6, 6.07) is 0. The van der Waals surface area contributed by atoms with Gasteiger partial charge in [-0.15, -0.1) is 0 Å². The molecule has 12 heteroatoms. The van der Waals surface area contributed by atoms with Crippen LogP contribution < -0.4 is 0 Å². The molecule has 4 saturated heterocycles. The first-order valence-electron chi connectivity index (χ1n) is 8.93. The highest BCUT2D eigenvalue weighted by molar-refractivity contribution is 5.78. The second kappa shape index (κ2) is 7.15. The molecule has 0 amide bonds. The van der Waals surface area contributed by atoms with Gasteiger partial charge in [0.25, 0.3) is 11.6 Å². The maximum absolute atomic E-state index is 12.0. The highest BCUT2D eigenvalue weighted by Crippen LogP contribution is 2.36. The van der Waals surface area contributed by atoms with Crippen molar-refractivity contribution in [3.8, 4) is 0 Å². The molecule has 0 spiro atoms. The van der Waals surface area contributed by atoms with Crippen molar-refractivity contribution in [1.29, 1.82) is 0 Å². The van der Waals surface area contributed by atoms with E-state index in [0.29, 0.717) is 0 Å². The molecule has 4 aliphatic rings. The minimum atomic E-state index is -2.05. The minimum Gasteiger partial charge on any atom is -0.428 e. The van der Waals surface area contributed by atoms with Gasteiger partial charge in [0.15, 0.2) is 12.2 Å². The summed E-state index contributed by atoms with van der Waals surface area (Å²) in [5.74, 6) is -5.92. The van der Waals surface area contributed by atoms with Crippen molar-refractivity contribution >= 4 is 11.9 Å². The molecule has 28 heavy (non-hydrogen) atoms.